The highest BCUT2D eigenvalue weighted by Gasteiger charge is 2.30. The first-order valence-electron chi connectivity index (χ1n) is 10.7. The summed E-state index contributed by atoms with van der Waals surface area (Å²) in [5.41, 5.74) is 1.61. The molecule has 1 aliphatic rings. The highest BCUT2D eigenvalue weighted by atomic mass is 19.1. The van der Waals surface area contributed by atoms with E-state index in [0.717, 1.165) is 37.1 Å². The van der Waals surface area contributed by atoms with Crippen molar-refractivity contribution in [2.45, 2.75) is 45.2 Å². The molecule has 0 bridgehead atoms. The molecule has 0 spiro atoms. The van der Waals surface area contributed by atoms with Crippen LogP contribution in [0.1, 0.15) is 45.1 Å². The quantitative estimate of drug-likeness (QED) is 0.564. The topological polar surface area (TPSA) is 36.3 Å². The Labute approximate surface area is 174 Å². The second-order valence-electron chi connectivity index (χ2n) is 8.08. The number of nitriles is 1. The van der Waals surface area contributed by atoms with Crippen LogP contribution in [0.2, 0.25) is 0 Å². The molecule has 1 saturated heterocycles. The average molecular weight is 395 g/mol. The lowest BCUT2D eigenvalue weighted by Gasteiger charge is -2.36. The van der Waals surface area contributed by atoms with Crippen LogP contribution in [-0.2, 0) is 0 Å². The van der Waals surface area contributed by atoms with Crippen molar-refractivity contribution >= 4 is 0 Å². The lowest BCUT2D eigenvalue weighted by Crippen LogP contribution is -2.44. The van der Waals surface area contributed by atoms with Crippen molar-refractivity contribution < 1.29 is 9.13 Å². The van der Waals surface area contributed by atoms with Gasteiger partial charge in [-0.05, 0) is 68.0 Å². The third kappa shape index (κ3) is 5.58. The second-order valence-corrected chi connectivity index (χ2v) is 8.08. The van der Waals surface area contributed by atoms with E-state index in [0.29, 0.717) is 43.2 Å². The zero-order valence-corrected chi connectivity index (χ0v) is 17.5. The molecule has 1 aliphatic heterocycles. The van der Waals surface area contributed by atoms with Crippen LogP contribution in [0.25, 0.3) is 11.1 Å². The van der Waals surface area contributed by atoms with Gasteiger partial charge in [-0.3, -0.25) is 0 Å². The van der Waals surface area contributed by atoms with Crippen molar-refractivity contribution in [3.63, 3.8) is 0 Å². The summed E-state index contributed by atoms with van der Waals surface area (Å²) in [6.45, 7) is 6.83. The Morgan fingerprint density at radius 1 is 1.07 bits per heavy atom. The zero-order valence-electron chi connectivity index (χ0n) is 17.5. The molecule has 0 saturated carbocycles. The number of piperidine rings is 1. The number of hydrogen-bond acceptors (Lipinski definition) is 3. The summed E-state index contributed by atoms with van der Waals surface area (Å²) in [5.74, 6) is 1.10. The minimum Gasteiger partial charge on any atom is -0.492 e. The molecule has 4 heteroatoms. The van der Waals surface area contributed by atoms with Crippen LogP contribution in [0.5, 0.6) is 5.75 Å². The molecule has 0 aliphatic carbocycles. The number of ether oxygens (including phenoxy) is 1. The molecule has 0 aromatic heterocycles. The van der Waals surface area contributed by atoms with Crippen LogP contribution < -0.4 is 4.74 Å². The van der Waals surface area contributed by atoms with E-state index in [2.05, 4.69) is 11.0 Å². The fourth-order valence-electron chi connectivity index (χ4n) is 3.95. The van der Waals surface area contributed by atoms with Gasteiger partial charge in [-0.25, -0.2) is 4.39 Å². The third-order valence-electron chi connectivity index (χ3n) is 6.16. The molecule has 0 atom stereocenters. The number of nitrogens with zero attached hydrogens (tertiary/aromatic N) is 2. The van der Waals surface area contributed by atoms with E-state index >= 15 is 0 Å². The Balaban J connectivity index is 1.54. The number of hydrogen-bond donors (Lipinski definition) is 0. The first-order chi connectivity index (χ1) is 14.1. The van der Waals surface area contributed by atoms with E-state index < -0.39 is 5.67 Å². The second kappa shape index (κ2) is 9.89. The lowest BCUT2D eigenvalue weighted by molar-refractivity contribution is 0.0568. The highest BCUT2D eigenvalue weighted by Crippen LogP contribution is 2.28. The van der Waals surface area contributed by atoms with Gasteiger partial charge in [0.1, 0.15) is 17.5 Å². The van der Waals surface area contributed by atoms with Crippen LogP contribution in [0.3, 0.4) is 0 Å². The molecule has 3 nitrogen and oxygen atoms in total. The highest BCUT2D eigenvalue weighted by molar-refractivity contribution is 5.67. The van der Waals surface area contributed by atoms with Crippen molar-refractivity contribution in [1.29, 1.82) is 5.26 Å². The molecule has 0 unspecified atom stereocenters. The van der Waals surface area contributed by atoms with Gasteiger partial charge in [-0.1, -0.05) is 50.2 Å². The molecule has 0 radical (unpaired) electrons. The van der Waals surface area contributed by atoms with Crippen molar-refractivity contribution in [1.82, 2.24) is 4.90 Å². The van der Waals surface area contributed by atoms with E-state index in [4.69, 9.17) is 4.74 Å². The molecular weight excluding hydrogens is 363 g/mol. The predicted octanol–water partition coefficient (Wildman–Crippen LogP) is 5.84. The Hall–Kier alpha value is -2.38. The summed E-state index contributed by atoms with van der Waals surface area (Å²) in [4.78, 5) is 2.25. The Kier molecular flexibility index (Phi) is 7.28. The summed E-state index contributed by atoms with van der Waals surface area (Å²) >= 11 is 0. The van der Waals surface area contributed by atoms with E-state index in [9.17, 15) is 9.65 Å². The molecule has 154 valence electrons. The first-order valence-corrected chi connectivity index (χ1v) is 10.7. The van der Waals surface area contributed by atoms with Gasteiger partial charge in [0.25, 0.3) is 0 Å². The molecule has 3 rings (SSSR count). The summed E-state index contributed by atoms with van der Waals surface area (Å²) in [6, 6.07) is 18.1. The van der Waals surface area contributed by atoms with Crippen LogP contribution >= 0.6 is 0 Å². The first kappa shape index (κ1) is 21.3. The normalized spacial score (nSPS) is 15.8. The zero-order chi connectivity index (χ0) is 20.7. The lowest BCUT2D eigenvalue weighted by atomic mass is 9.94. The van der Waals surface area contributed by atoms with Gasteiger partial charge in [-0.2, -0.15) is 5.26 Å². The van der Waals surface area contributed by atoms with E-state index in [1.165, 1.54) is 0 Å². The smallest absolute Gasteiger partial charge is 0.137 e. The van der Waals surface area contributed by atoms with E-state index in [1.54, 1.807) is 0 Å². The van der Waals surface area contributed by atoms with Crippen LogP contribution in [0, 0.1) is 17.2 Å². The van der Waals surface area contributed by atoms with Gasteiger partial charge < -0.3 is 9.64 Å². The monoisotopic (exact) mass is 394 g/mol. The number of rotatable bonds is 8. The van der Waals surface area contributed by atoms with Gasteiger partial charge in [0, 0.05) is 6.54 Å². The fourth-order valence-corrected chi connectivity index (χ4v) is 3.95. The molecule has 0 N–H and O–H groups in total. The molecule has 1 fully saturated rings. The maximum Gasteiger partial charge on any atom is 0.137 e. The van der Waals surface area contributed by atoms with Crippen molar-refractivity contribution in [3.8, 4) is 22.9 Å². The molecule has 2 aromatic rings. The maximum atomic E-state index is 14.6. The van der Waals surface area contributed by atoms with Gasteiger partial charge in [0.15, 0.2) is 0 Å². The number of likely N-dealkylation sites (tertiary alicyclic amines) is 1. The summed E-state index contributed by atoms with van der Waals surface area (Å²) < 4.78 is 20.7. The van der Waals surface area contributed by atoms with Crippen molar-refractivity contribution in [2.24, 2.45) is 5.92 Å². The Morgan fingerprint density at radius 2 is 1.76 bits per heavy atom. The van der Waals surface area contributed by atoms with Gasteiger partial charge in [-0.15, -0.1) is 0 Å². The average Bonchev–Trinajstić information content (AvgIpc) is 2.79. The van der Waals surface area contributed by atoms with E-state index in [1.807, 2.05) is 62.4 Å². The van der Waals surface area contributed by atoms with Gasteiger partial charge in [0.2, 0.25) is 0 Å². The molecule has 1 heterocycles. The fraction of sp³-hybridized carbons (Fsp3) is 0.480. The standard InChI is InChI=1S/C25H31FN2O/c1-3-25(26,4-2)19-28-14-12-20(13-15-28)18-29-24-11-10-22(16-23(24)17-27)21-8-6-5-7-9-21/h5-11,16,20H,3-4,12-15,18-19H2,1-2H3. The predicted molar refractivity (Wildman–Crippen MR) is 116 cm³/mol. The number of halogens is 1. The largest absolute Gasteiger partial charge is 0.492 e. The number of alkyl halides is 1. The SMILES string of the molecule is CCC(F)(CC)CN1CCC(COc2ccc(-c3ccccc3)cc2C#N)CC1. The van der Waals surface area contributed by atoms with Crippen LogP contribution in [0.4, 0.5) is 4.39 Å². The molecular formula is C25H31FN2O. The minimum absolute atomic E-state index is 0.448. The summed E-state index contributed by atoms with van der Waals surface area (Å²) in [6.07, 6.45) is 3.16. The van der Waals surface area contributed by atoms with Crippen LogP contribution in [-0.4, -0.2) is 36.8 Å². The minimum atomic E-state index is -1.06. The molecule has 29 heavy (non-hydrogen) atoms. The Morgan fingerprint density at radius 3 is 2.38 bits per heavy atom. The number of benzene rings is 2. The van der Waals surface area contributed by atoms with Gasteiger partial charge in [0.05, 0.1) is 12.2 Å². The maximum absolute atomic E-state index is 14.6. The van der Waals surface area contributed by atoms with Crippen molar-refractivity contribution in [2.75, 3.05) is 26.2 Å². The Bertz CT molecular complexity index is 818. The summed E-state index contributed by atoms with van der Waals surface area (Å²) in [7, 11) is 0. The van der Waals surface area contributed by atoms with Crippen LogP contribution in [0.15, 0.2) is 48.5 Å². The van der Waals surface area contributed by atoms with Crippen molar-refractivity contribution in [3.05, 3.63) is 54.1 Å². The summed E-state index contributed by atoms with van der Waals surface area (Å²) in [5, 5.41) is 9.54. The van der Waals surface area contributed by atoms with E-state index in [-0.39, 0.29) is 0 Å². The molecule has 2 aromatic carbocycles. The molecule has 0 amide bonds. The third-order valence-corrected chi connectivity index (χ3v) is 6.16. The van der Waals surface area contributed by atoms with Gasteiger partial charge >= 0.3 is 0 Å².